The van der Waals surface area contributed by atoms with Gasteiger partial charge in [0.25, 0.3) is 5.69 Å². The van der Waals surface area contributed by atoms with Crippen molar-refractivity contribution in [1.82, 2.24) is 0 Å². The van der Waals surface area contributed by atoms with Gasteiger partial charge in [-0.25, -0.2) is 4.79 Å². The molecule has 0 spiro atoms. The van der Waals surface area contributed by atoms with Crippen LogP contribution in [0.3, 0.4) is 0 Å². The minimum absolute atomic E-state index is 0.0388. The Morgan fingerprint density at radius 1 is 1.67 bits per heavy atom. The molecular formula is C10H11ClN2O5. The molecule has 0 bridgehead atoms. The van der Waals surface area contributed by atoms with Crippen molar-refractivity contribution in [3.05, 3.63) is 33.3 Å². The molecule has 18 heavy (non-hydrogen) atoms. The van der Waals surface area contributed by atoms with Crippen molar-refractivity contribution in [1.29, 1.82) is 0 Å². The third-order valence-electron chi connectivity index (χ3n) is 2.15. The van der Waals surface area contributed by atoms with Crippen LogP contribution in [0, 0.1) is 10.1 Å². The van der Waals surface area contributed by atoms with Crippen LogP contribution in [-0.4, -0.2) is 35.8 Å². The van der Waals surface area contributed by atoms with E-state index in [9.17, 15) is 14.9 Å². The largest absolute Gasteiger partial charge is 0.467 e. The predicted molar refractivity (Wildman–Crippen MR) is 64.6 cm³/mol. The lowest BCUT2D eigenvalue weighted by molar-refractivity contribution is -0.384. The molecule has 0 radical (unpaired) electrons. The molecule has 1 atom stereocenters. The summed E-state index contributed by atoms with van der Waals surface area (Å²) in [7, 11) is 1.15. The van der Waals surface area contributed by atoms with Crippen molar-refractivity contribution in [2.45, 2.75) is 6.04 Å². The van der Waals surface area contributed by atoms with Crippen molar-refractivity contribution in [2.24, 2.45) is 0 Å². The van der Waals surface area contributed by atoms with Gasteiger partial charge in [-0.05, 0) is 12.1 Å². The fraction of sp³-hybridized carbons (Fsp3) is 0.300. The molecule has 1 rings (SSSR count). The summed E-state index contributed by atoms with van der Waals surface area (Å²) in [6.07, 6.45) is 0. The minimum atomic E-state index is -1.09. The molecule has 1 aromatic carbocycles. The fourth-order valence-corrected chi connectivity index (χ4v) is 1.46. The van der Waals surface area contributed by atoms with Gasteiger partial charge in [-0.1, -0.05) is 11.6 Å². The van der Waals surface area contributed by atoms with Gasteiger partial charge in [0.05, 0.1) is 18.6 Å². The number of nitro groups is 1. The van der Waals surface area contributed by atoms with E-state index in [1.54, 1.807) is 0 Å². The number of nitrogens with one attached hydrogen (secondary N) is 1. The number of halogens is 1. The summed E-state index contributed by atoms with van der Waals surface area (Å²) in [4.78, 5) is 21.4. The average molecular weight is 275 g/mol. The van der Waals surface area contributed by atoms with Crippen LogP contribution < -0.4 is 5.32 Å². The van der Waals surface area contributed by atoms with Gasteiger partial charge in [-0.2, -0.15) is 0 Å². The number of rotatable bonds is 5. The molecule has 8 heteroatoms. The van der Waals surface area contributed by atoms with Gasteiger partial charge in [0.15, 0.2) is 0 Å². The van der Waals surface area contributed by atoms with Gasteiger partial charge in [-0.15, -0.1) is 0 Å². The molecule has 0 saturated heterocycles. The lowest BCUT2D eigenvalue weighted by Gasteiger charge is -2.15. The molecule has 1 aromatic rings. The zero-order valence-corrected chi connectivity index (χ0v) is 10.2. The first kappa shape index (κ1) is 14.2. The van der Waals surface area contributed by atoms with Gasteiger partial charge < -0.3 is 15.2 Å². The number of aliphatic hydroxyl groups excluding tert-OH is 1. The van der Waals surface area contributed by atoms with E-state index in [0.29, 0.717) is 0 Å². The van der Waals surface area contributed by atoms with E-state index in [0.717, 1.165) is 7.11 Å². The van der Waals surface area contributed by atoms with Crippen LogP contribution in [0.1, 0.15) is 0 Å². The number of hydrogen-bond donors (Lipinski definition) is 2. The smallest absolute Gasteiger partial charge is 0.330 e. The van der Waals surface area contributed by atoms with E-state index in [1.165, 1.54) is 18.2 Å². The number of aliphatic hydroxyl groups is 1. The Balaban J connectivity index is 3.04. The normalized spacial score (nSPS) is 11.7. The maximum atomic E-state index is 11.3. The number of methoxy groups -OCH3 is 1. The summed E-state index contributed by atoms with van der Waals surface area (Å²) >= 11 is 5.72. The zero-order chi connectivity index (χ0) is 13.7. The molecule has 0 amide bonds. The SMILES string of the molecule is COC(=O)C(CO)Nc1cc(Cl)ccc1[N+](=O)[O-]. The molecule has 0 saturated carbocycles. The quantitative estimate of drug-likeness (QED) is 0.475. The van der Waals surface area contributed by atoms with Gasteiger partial charge in [0.2, 0.25) is 0 Å². The van der Waals surface area contributed by atoms with Crippen molar-refractivity contribution < 1.29 is 19.6 Å². The molecule has 0 aliphatic heterocycles. The molecular weight excluding hydrogens is 264 g/mol. The summed E-state index contributed by atoms with van der Waals surface area (Å²) < 4.78 is 4.44. The molecule has 0 aliphatic carbocycles. The van der Waals surface area contributed by atoms with E-state index in [-0.39, 0.29) is 16.4 Å². The van der Waals surface area contributed by atoms with Crippen molar-refractivity contribution in [3.8, 4) is 0 Å². The summed E-state index contributed by atoms with van der Waals surface area (Å²) in [5.74, 6) is -0.730. The number of nitrogens with zero attached hydrogens (tertiary/aromatic N) is 1. The molecule has 0 aliphatic rings. The number of esters is 1. The summed E-state index contributed by atoms with van der Waals surface area (Å²) in [6, 6.07) is 2.77. The van der Waals surface area contributed by atoms with Gasteiger partial charge in [-0.3, -0.25) is 10.1 Å². The molecule has 1 unspecified atom stereocenters. The first-order chi connectivity index (χ1) is 8.49. The average Bonchev–Trinajstić information content (AvgIpc) is 2.34. The highest BCUT2D eigenvalue weighted by atomic mass is 35.5. The second kappa shape index (κ2) is 6.18. The highest BCUT2D eigenvalue weighted by molar-refractivity contribution is 6.31. The number of nitro benzene ring substituents is 1. The van der Waals surface area contributed by atoms with Gasteiger partial charge >= 0.3 is 5.97 Å². The number of carbonyl (C=O) groups excluding carboxylic acids is 1. The van der Waals surface area contributed by atoms with E-state index in [2.05, 4.69) is 10.1 Å². The molecule has 0 fully saturated rings. The highest BCUT2D eigenvalue weighted by Crippen LogP contribution is 2.28. The van der Waals surface area contributed by atoms with Crippen LogP contribution in [0.25, 0.3) is 0 Å². The standard InChI is InChI=1S/C10H11ClN2O5/c1-18-10(15)8(5-14)12-7-4-6(11)2-3-9(7)13(16)17/h2-4,8,12,14H,5H2,1H3. The topological polar surface area (TPSA) is 102 Å². The molecule has 7 nitrogen and oxygen atoms in total. The van der Waals surface area contributed by atoms with Crippen LogP contribution in [0.4, 0.5) is 11.4 Å². The maximum Gasteiger partial charge on any atom is 0.330 e. The molecule has 0 heterocycles. The Morgan fingerprint density at radius 3 is 2.83 bits per heavy atom. The Bertz CT molecular complexity index is 466. The van der Waals surface area contributed by atoms with Crippen LogP contribution in [-0.2, 0) is 9.53 Å². The van der Waals surface area contributed by atoms with Crippen LogP contribution in [0.15, 0.2) is 18.2 Å². The molecule has 98 valence electrons. The monoisotopic (exact) mass is 274 g/mol. The lowest BCUT2D eigenvalue weighted by Crippen LogP contribution is -2.34. The van der Waals surface area contributed by atoms with Crippen molar-refractivity contribution in [3.63, 3.8) is 0 Å². The first-order valence-electron chi connectivity index (χ1n) is 4.88. The summed E-state index contributed by atoms with van der Waals surface area (Å²) in [6.45, 7) is -0.559. The Kier molecular flexibility index (Phi) is 4.87. The van der Waals surface area contributed by atoms with Crippen LogP contribution >= 0.6 is 11.6 Å². The minimum Gasteiger partial charge on any atom is -0.467 e. The van der Waals surface area contributed by atoms with E-state index in [1.807, 2.05) is 0 Å². The predicted octanol–water partition coefficient (Wildman–Crippen LogP) is 1.19. The van der Waals surface area contributed by atoms with E-state index < -0.39 is 23.5 Å². The zero-order valence-electron chi connectivity index (χ0n) is 9.42. The lowest BCUT2D eigenvalue weighted by atomic mass is 10.2. The summed E-state index contributed by atoms with van der Waals surface area (Å²) in [5.41, 5.74) is -0.210. The van der Waals surface area contributed by atoms with Crippen LogP contribution in [0.2, 0.25) is 5.02 Å². The third-order valence-corrected chi connectivity index (χ3v) is 2.39. The van der Waals surface area contributed by atoms with Crippen molar-refractivity contribution >= 4 is 28.9 Å². The maximum absolute atomic E-state index is 11.3. The summed E-state index contributed by atoms with van der Waals surface area (Å²) in [5, 5.41) is 22.6. The Morgan fingerprint density at radius 2 is 2.33 bits per heavy atom. The second-order valence-electron chi connectivity index (χ2n) is 3.32. The fourth-order valence-electron chi connectivity index (χ4n) is 1.29. The van der Waals surface area contributed by atoms with E-state index >= 15 is 0 Å². The number of hydrogen-bond acceptors (Lipinski definition) is 6. The number of anilines is 1. The first-order valence-corrected chi connectivity index (χ1v) is 5.26. The van der Waals surface area contributed by atoms with Gasteiger partial charge in [0, 0.05) is 11.1 Å². The Labute approximate surface area is 107 Å². The Hall–Kier alpha value is -1.86. The molecule has 0 aromatic heterocycles. The van der Waals surface area contributed by atoms with Crippen molar-refractivity contribution in [2.75, 3.05) is 19.0 Å². The highest BCUT2D eigenvalue weighted by Gasteiger charge is 2.22. The second-order valence-corrected chi connectivity index (χ2v) is 3.76. The third kappa shape index (κ3) is 3.31. The van der Waals surface area contributed by atoms with Gasteiger partial charge in [0.1, 0.15) is 11.7 Å². The number of carbonyl (C=O) groups is 1. The van der Waals surface area contributed by atoms with Crippen LogP contribution in [0.5, 0.6) is 0 Å². The number of ether oxygens (including phenoxy) is 1. The number of benzene rings is 1. The molecule has 2 N–H and O–H groups in total. The van der Waals surface area contributed by atoms with E-state index in [4.69, 9.17) is 16.7 Å².